The van der Waals surface area contributed by atoms with Crippen molar-refractivity contribution in [2.45, 2.75) is 13.8 Å². The van der Waals surface area contributed by atoms with E-state index in [1.807, 2.05) is 0 Å². The van der Waals surface area contributed by atoms with Gasteiger partial charge in [-0.2, -0.15) is 13.3 Å². The Bertz CT molecular complexity index is 178. The maximum absolute atomic E-state index is 9.85. The van der Waals surface area contributed by atoms with Crippen molar-refractivity contribution in [2.75, 3.05) is 0 Å². The number of hydrogen-bond donors (Lipinski definition) is 0. The van der Waals surface area contributed by atoms with Crippen LogP contribution in [0.4, 0.5) is 0 Å². The van der Waals surface area contributed by atoms with Crippen molar-refractivity contribution in [3.63, 3.8) is 0 Å². The zero-order valence-corrected chi connectivity index (χ0v) is 9.91. The van der Waals surface area contributed by atoms with Crippen molar-refractivity contribution in [1.29, 1.82) is 0 Å². The van der Waals surface area contributed by atoms with Gasteiger partial charge in [0.25, 0.3) is 0 Å². The van der Waals surface area contributed by atoms with E-state index in [4.69, 9.17) is 5.41 Å². The van der Waals surface area contributed by atoms with Crippen molar-refractivity contribution >= 4 is 24.0 Å². The maximum Gasteiger partial charge on any atom is 2.00 e. The number of nitrogens with zero attached hydrogens (tertiary/aromatic N) is 2. The maximum atomic E-state index is 9.85. The van der Waals surface area contributed by atoms with Crippen LogP contribution in [0.1, 0.15) is 13.8 Å². The Kier molecular flexibility index (Phi) is 18.6. The molecule has 0 aliphatic rings. The third-order valence-corrected chi connectivity index (χ3v) is 0.455. The fourth-order valence-electron chi connectivity index (χ4n) is 0.129. The Hall–Kier alpha value is -0.762. The molecule has 4 nitrogen and oxygen atoms in total. The van der Waals surface area contributed by atoms with Crippen molar-refractivity contribution in [2.24, 2.45) is 4.99 Å². The minimum absolute atomic E-state index is 0. The molecule has 12 heavy (non-hydrogen) atoms. The molecule has 0 bridgehead atoms. The molecule has 0 aliphatic carbocycles. The second kappa shape index (κ2) is 12.9. The predicted octanol–water partition coefficient (Wildman–Crippen LogP) is 0.651. The summed E-state index contributed by atoms with van der Waals surface area (Å²) in [5.41, 5.74) is 0. The van der Waals surface area contributed by atoms with Crippen molar-refractivity contribution in [1.82, 2.24) is 0 Å². The number of Topliss-reactive ketones (excluding diaryl/α,β-unsaturated/α-hetero) is 2. The summed E-state index contributed by atoms with van der Waals surface area (Å²) >= 11 is 0. The Morgan fingerprint density at radius 2 is 1.67 bits per heavy atom. The molecule has 66 valence electrons. The van der Waals surface area contributed by atoms with Crippen LogP contribution in [0.25, 0.3) is 5.41 Å². The molecule has 0 heterocycles. The molecule has 0 saturated heterocycles. The van der Waals surface area contributed by atoms with Gasteiger partial charge in [0.1, 0.15) is 5.78 Å². The zero-order chi connectivity index (χ0) is 9.28. The van der Waals surface area contributed by atoms with Crippen molar-refractivity contribution in [3.05, 3.63) is 12.5 Å². The summed E-state index contributed by atoms with van der Waals surface area (Å²) in [6, 6.07) is 0. The molecule has 0 atom stereocenters. The van der Waals surface area contributed by atoms with Gasteiger partial charge in [-0.25, -0.2) is 0 Å². The number of ketones is 2. The van der Waals surface area contributed by atoms with E-state index in [2.05, 4.69) is 12.0 Å². The van der Waals surface area contributed by atoms with E-state index >= 15 is 0 Å². The van der Waals surface area contributed by atoms with Crippen LogP contribution in [0.3, 0.4) is 0 Å². The van der Waals surface area contributed by atoms with E-state index in [0.717, 1.165) is 0 Å². The molecule has 0 spiro atoms. The number of carbonyl (C=O) groups is 2. The standard InChI is InChI=1S/C4H6NO.C3H4NO.W/c1-4(6)3-5-2;1-3(5)2-4;/h3H,2H2,1H3;2H,1H3;/q2*-1;+2. The van der Waals surface area contributed by atoms with Gasteiger partial charge in [-0.15, -0.1) is 0 Å². The van der Waals surface area contributed by atoms with Gasteiger partial charge in [0.15, 0.2) is 0 Å². The Morgan fingerprint density at radius 3 is 1.67 bits per heavy atom. The van der Waals surface area contributed by atoms with Crippen LogP contribution in [0, 0.1) is 7.05 Å². The SMILES string of the molecule is CC(=O)C=[N-].[CH2-]N=CC(C)=O.[W+2]. The fourth-order valence-corrected chi connectivity index (χ4v) is 0.129. The average Bonchev–Trinajstić information content (AvgIpc) is 1.89. The molecule has 0 radical (unpaired) electrons. The Balaban J connectivity index is -0.000000126. The minimum atomic E-state index is -0.315. The second-order valence-corrected chi connectivity index (χ2v) is 1.66. The third kappa shape index (κ3) is 34.9. The molecule has 0 amide bonds. The van der Waals surface area contributed by atoms with Gasteiger partial charge in [0.05, 0.1) is 5.78 Å². The first-order chi connectivity index (χ1) is 5.04. The van der Waals surface area contributed by atoms with Crippen molar-refractivity contribution < 1.29 is 30.7 Å². The fraction of sp³-hybridized carbons (Fsp3) is 0.286. The van der Waals surface area contributed by atoms with E-state index < -0.39 is 0 Å². The van der Waals surface area contributed by atoms with Gasteiger partial charge >= 0.3 is 21.1 Å². The zero-order valence-electron chi connectivity index (χ0n) is 6.98. The molecule has 0 aromatic carbocycles. The van der Waals surface area contributed by atoms with E-state index in [1.165, 1.54) is 20.1 Å². The summed E-state index contributed by atoms with van der Waals surface area (Å²) in [5, 5.41) is 7.67. The molecular weight excluding hydrogens is 328 g/mol. The van der Waals surface area contributed by atoms with E-state index in [9.17, 15) is 9.59 Å². The molecule has 0 N–H and O–H groups in total. The van der Waals surface area contributed by atoms with Gasteiger partial charge < -0.3 is 15.2 Å². The number of aliphatic imine (C=N–C) groups is 1. The number of hydrogen-bond acceptors (Lipinski definition) is 3. The van der Waals surface area contributed by atoms with Gasteiger partial charge in [0, 0.05) is 0 Å². The van der Waals surface area contributed by atoms with Crippen molar-refractivity contribution in [3.8, 4) is 0 Å². The monoisotopic (exact) mass is 338 g/mol. The van der Waals surface area contributed by atoms with Gasteiger partial charge in [-0.05, 0) is 13.8 Å². The molecule has 0 fully saturated rings. The largest absolute Gasteiger partial charge is 2.00 e. The van der Waals surface area contributed by atoms with Crippen LogP contribution in [-0.2, 0) is 30.7 Å². The van der Waals surface area contributed by atoms with Crippen LogP contribution >= 0.6 is 0 Å². The molecule has 0 aromatic heterocycles. The molecule has 0 unspecified atom stereocenters. The summed E-state index contributed by atoms with van der Waals surface area (Å²) < 4.78 is 0. The summed E-state index contributed by atoms with van der Waals surface area (Å²) in [4.78, 5) is 22.6. The number of rotatable bonds is 2. The first kappa shape index (κ1) is 17.4. The molecule has 0 saturated carbocycles. The second-order valence-electron chi connectivity index (χ2n) is 1.66. The van der Waals surface area contributed by atoms with Crippen LogP contribution in [-0.4, -0.2) is 24.0 Å². The van der Waals surface area contributed by atoms with E-state index in [-0.39, 0.29) is 32.6 Å². The predicted molar refractivity (Wildman–Crippen MR) is 44.6 cm³/mol. The quantitative estimate of drug-likeness (QED) is 0.548. The van der Waals surface area contributed by atoms with Gasteiger partial charge in [0.2, 0.25) is 0 Å². The molecule has 0 aromatic rings. The third-order valence-electron chi connectivity index (χ3n) is 0.455. The summed E-state index contributed by atoms with van der Waals surface area (Å²) in [5.74, 6) is -0.380. The number of carbonyl (C=O) groups excluding carboxylic acids is 2. The Labute approximate surface area is 86.2 Å². The van der Waals surface area contributed by atoms with Crippen LogP contribution in [0.5, 0.6) is 0 Å². The van der Waals surface area contributed by atoms with Gasteiger partial charge in [-0.1, -0.05) is 6.21 Å². The first-order valence-electron chi connectivity index (χ1n) is 2.82. The molecular formula is C7H10N2O2W. The molecule has 0 aliphatic heterocycles. The van der Waals surface area contributed by atoms with Gasteiger partial charge in [-0.3, -0.25) is 4.79 Å². The summed E-state index contributed by atoms with van der Waals surface area (Å²) in [6.45, 7) is 2.70. The average molecular weight is 338 g/mol. The van der Waals surface area contributed by atoms with E-state index in [1.54, 1.807) is 0 Å². The molecule has 5 heteroatoms. The van der Waals surface area contributed by atoms with Crippen LogP contribution < -0.4 is 0 Å². The summed E-state index contributed by atoms with van der Waals surface area (Å²) in [6.07, 6.45) is 1.69. The topological polar surface area (TPSA) is 68.8 Å². The summed E-state index contributed by atoms with van der Waals surface area (Å²) in [7, 11) is 3.07. The van der Waals surface area contributed by atoms with Crippen LogP contribution in [0.15, 0.2) is 4.99 Å². The van der Waals surface area contributed by atoms with E-state index in [0.29, 0.717) is 6.21 Å². The first-order valence-corrected chi connectivity index (χ1v) is 2.82. The van der Waals surface area contributed by atoms with Crippen LogP contribution in [0.2, 0.25) is 0 Å². The normalized spacial score (nSPS) is 7.50. The Morgan fingerprint density at radius 1 is 1.33 bits per heavy atom. The smallest absolute Gasteiger partial charge is 0.808 e. The minimum Gasteiger partial charge on any atom is -0.808 e. The molecule has 0 rings (SSSR count).